The van der Waals surface area contributed by atoms with Crippen LogP contribution in [0.15, 0.2) is 91.0 Å². The van der Waals surface area contributed by atoms with Crippen molar-refractivity contribution in [2.45, 2.75) is 94.2 Å². The predicted molar refractivity (Wildman–Crippen MR) is 146 cm³/mol. The van der Waals surface area contributed by atoms with Crippen LogP contribution in [0.1, 0.15) is 48.8 Å². The molecule has 1 aliphatic heterocycles. The Morgan fingerprint density at radius 1 is 0.575 bits per heavy atom. The minimum atomic E-state index is -3.41. The van der Waals surface area contributed by atoms with Crippen LogP contribution in [0.5, 0.6) is 0 Å². The molecule has 2 saturated carbocycles. The quantitative estimate of drug-likeness (QED) is 0.292. The van der Waals surface area contributed by atoms with E-state index in [-0.39, 0.29) is 19.8 Å². The highest BCUT2D eigenvalue weighted by atomic mass is 19.3. The molecule has 3 aromatic rings. The summed E-state index contributed by atoms with van der Waals surface area (Å²) in [6.45, 7) is 0.199. The molecule has 0 unspecified atom stereocenters. The van der Waals surface area contributed by atoms with Crippen molar-refractivity contribution in [3.05, 3.63) is 108 Å². The van der Waals surface area contributed by atoms with Gasteiger partial charge in [0.25, 0.3) is 0 Å². The Balaban J connectivity index is 1.32. The van der Waals surface area contributed by atoms with Crippen molar-refractivity contribution in [1.82, 2.24) is 0 Å². The predicted octanol–water partition coefficient (Wildman–Crippen LogP) is 6.84. The number of hydrogen-bond acceptors (Lipinski definition) is 5. The van der Waals surface area contributed by atoms with Crippen molar-refractivity contribution in [2.24, 2.45) is 0 Å². The maximum absolute atomic E-state index is 16.6. The van der Waals surface area contributed by atoms with Gasteiger partial charge in [0.05, 0.1) is 19.8 Å². The Hall–Kier alpha value is -2.68. The van der Waals surface area contributed by atoms with Gasteiger partial charge in [-0.3, -0.25) is 0 Å². The number of benzene rings is 3. The van der Waals surface area contributed by atoms with E-state index in [0.29, 0.717) is 12.8 Å². The first-order valence-electron chi connectivity index (χ1n) is 14.2. The molecule has 3 fully saturated rings. The molecule has 0 aromatic heterocycles. The molecule has 1 saturated heterocycles. The second-order valence-corrected chi connectivity index (χ2v) is 11.0. The van der Waals surface area contributed by atoms with Crippen molar-refractivity contribution in [3.8, 4) is 0 Å². The highest BCUT2D eigenvalue weighted by Crippen LogP contribution is 2.51. The number of rotatable bonds is 9. The monoisotopic (exact) mass is 550 g/mol. The van der Waals surface area contributed by atoms with Gasteiger partial charge in [-0.05, 0) is 29.5 Å². The van der Waals surface area contributed by atoms with Crippen LogP contribution in [0.2, 0.25) is 0 Å². The Labute approximate surface area is 234 Å². The van der Waals surface area contributed by atoms with Gasteiger partial charge in [0, 0.05) is 12.8 Å². The van der Waals surface area contributed by atoms with Crippen molar-refractivity contribution < 1.29 is 32.5 Å². The standard InChI is InChI=1S/C33H36F2O5/c34-33(35)30(37-22-25-15-7-2-8-16-25)28(36-21-24-13-5-1-6-14-24)27-29(40-32(39-27)19-11-4-12-20-32)31(33)38-23-26-17-9-3-10-18-26/h1-3,5-10,13-18,27-31H,4,11-12,19-23H2/t27-,28+,29-,30-,31+/m0/s1. The third-order valence-corrected chi connectivity index (χ3v) is 8.15. The molecule has 0 amide bonds. The first-order chi connectivity index (χ1) is 19.5. The van der Waals surface area contributed by atoms with E-state index < -0.39 is 42.2 Å². The number of ether oxygens (including phenoxy) is 5. The van der Waals surface area contributed by atoms with Crippen molar-refractivity contribution >= 4 is 0 Å². The topological polar surface area (TPSA) is 46.2 Å². The van der Waals surface area contributed by atoms with E-state index in [2.05, 4.69) is 0 Å². The Kier molecular flexibility index (Phi) is 8.28. The molecule has 0 radical (unpaired) electrons. The zero-order chi connectivity index (χ0) is 27.4. The van der Waals surface area contributed by atoms with Gasteiger partial charge in [0.2, 0.25) is 0 Å². The fourth-order valence-corrected chi connectivity index (χ4v) is 6.13. The van der Waals surface area contributed by atoms with Crippen molar-refractivity contribution in [3.63, 3.8) is 0 Å². The molecule has 212 valence electrons. The third-order valence-electron chi connectivity index (χ3n) is 8.15. The zero-order valence-corrected chi connectivity index (χ0v) is 22.5. The molecule has 0 N–H and O–H groups in total. The van der Waals surface area contributed by atoms with E-state index >= 15 is 8.78 Å². The summed E-state index contributed by atoms with van der Waals surface area (Å²) in [7, 11) is 0. The SMILES string of the molecule is FC1(F)[C@H](OCc2ccccc2)[C@H]2OC3(CCCCC3)O[C@H]2[C@@H](OCc2ccccc2)[C@@H]1OCc1ccccc1. The van der Waals surface area contributed by atoms with Gasteiger partial charge < -0.3 is 23.7 Å². The third kappa shape index (κ3) is 5.85. The summed E-state index contributed by atoms with van der Waals surface area (Å²) < 4.78 is 64.8. The van der Waals surface area contributed by atoms with Gasteiger partial charge in [-0.2, -0.15) is 0 Å². The normalized spacial score (nSPS) is 28.8. The summed E-state index contributed by atoms with van der Waals surface area (Å²) in [5.74, 6) is -4.31. The lowest BCUT2D eigenvalue weighted by atomic mass is 9.83. The van der Waals surface area contributed by atoms with Crippen molar-refractivity contribution in [1.29, 1.82) is 0 Å². The zero-order valence-electron chi connectivity index (χ0n) is 22.5. The summed E-state index contributed by atoms with van der Waals surface area (Å²) in [5.41, 5.74) is 2.50. The van der Waals surface area contributed by atoms with Crippen LogP contribution in [-0.2, 0) is 43.5 Å². The summed E-state index contributed by atoms with van der Waals surface area (Å²) in [4.78, 5) is 0. The van der Waals surface area contributed by atoms with Crippen LogP contribution >= 0.6 is 0 Å². The Morgan fingerprint density at radius 3 is 1.55 bits per heavy atom. The van der Waals surface area contributed by atoms with Gasteiger partial charge in [-0.15, -0.1) is 0 Å². The summed E-state index contributed by atoms with van der Waals surface area (Å²) in [5, 5.41) is 0. The van der Waals surface area contributed by atoms with Gasteiger partial charge >= 0.3 is 5.92 Å². The largest absolute Gasteiger partial charge is 0.368 e. The molecule has 1 spiro atoms. The molecule has 40 heavy (non-hydrogen) atoms. The van der Waals surface area contributed by atoms with Gasteiger partial charge in [0.1, 0.15) is 18.3 Å². The summed E-state index contributed by atoms with van der Waals surface area (Å²) >= 11 is 0. The van der Waals surface area contributed by atoms with Crippen LogP contribution in [0.25, 0.3) is 0 Å². The summed E-state index contributed by atoms with van der Waals surface area (Å²) in [6, 6.07) is 28.2. The average Bonchev–Trinajstić information content (AvgIpc) is 3.34. The summed E-state index contributed by atoms with van der Waals surface area (Å²) in [6.07, 6.45) is -1.71. The Bertz CT molecular complexity index is 1200. The lowest BCUT2D eigenvalue weighted by molar-refractivity contribution is -0.300. The van der Waals surface area contributed by atoms with Gasteiger partial charge in [0.15, 0.2) is 18.0 Å². The molecule has 3 aliphatic rings. The average molecular weight is 551 g/mol. The number of halogens is 2. The smallest absolute Gasteiger partial charge is 0.304 e. The van der Waals surface area contributed by atoms with Gasteiger partial charge in [-0.1, -0.05) is 97.4 Å². The van der Waals surface area contributed by atoms with Crippen LogP contribution < -0.4 is 0 Å². The molecule has 3 aromatic carbocycles. The second kappa shape index (κ2) is 12.0. The molecular weight excluding hydrogens is 514 g/mol. The molecule has 6 rings (SSSR count). The molecular formula is C33H36F2O5. The lowest BCUT2D eigenvalue weighted by Gasteiger charge is -2.46. The van der Waals surface area contributed by atoms with Crippen molar-refractivity contribution in [2.75, 3.05) is 0 Å². The molecule has 5 atom stereocenters. The fraction of sp³-hybridized carbons (Fsp3) is 0.455. The van der Waals surface area contributed by atoms with Crippen LogP contribution in [0.4, 0.5) is 8.78 Å². The molecule has 0 bridgehead atoms. The highest BCUT2D eigenvalue weighted by Gasteiger charge is 2.69. The van der Waals surface area contributed by atoms with Gasteiger partial charge in [-0.25, -0.2) is 8.78 Å². The number of hydrogen-bond donors (Lipinski definition) is 0. The van der Waals surface area contributed by atoms with E-state index in [1.807, 2.05) is 91.0 Å². The molecule has 1 heterocycles. The maximum atomic E-state index is 16.6. The molecule has 2 aliphatic carbocycles. The molecule has 7 heteroatoms. The van der Waals surface area contributed by atoms with E-state index in [1.54, 1.807) is 0 Å². The van der Waals surface area contributed by atoms with E-state index in [1.165, 1.54) is 0 Å². The molecule has 5 nitrogen and oxygen atoms in total. The number of alkyl halides is 2. The van der Waals surface area contributed by atoms with Crippen LogP contribution in [0.3, 0.4) is 0 Å². The minimum absolute atomic E-state index is 0.0150. The number of fused-ring (bicyclic) bond motifs is 1. The highest BCUT2D eigenvalue weighted by molar-refractivity contribution is 5.17. The van der Waals surface area contributed by atoms with E-state index in [9.17, 15) is 0 Å². The Morgan fingerprint density at radius 2 is 1.02 bits per heavy atom. The second-order valence-electron chi connectivity index (χ2n) is 11.0. The van der Waals surface area contributed by atoms with Crippen LogP contribution in [0, 0.1) is 0 Å². The van der Waals surface area contributed by atoms with Crippen LogP contribution in [-0.4, -0.2) is 42.2 Å². The van der Waals surface area contributed by atoms with E-state index in [4.69, 9.17) is 23.7 Å². The first kappa shape index (κ1) is 27.5. The van der Waals surface area contributed by atoms with E-state index in [0.717, 1.165) is 36.0 Å². The maximum Gasteiger partial charge on any atom is 0.304 e. The minimum Gasteiger partial charge on any atom is -0.368 e. The first-order valence-corrected chi connectivity index (χ1v) is 14.2. The lowest BCUT2D eigenvalue weighted by Crippen LogP contribution is -2.68. The fourth-order valence-electron chi connectivity index (χ4n) is 6.13.